The Balaban J connectivity index is 0.000000182. The van der Waals surface area contributed by atoms with Gasteiger partial charge in [-0.15, -0.1) is 15.7 Å². The Morgan fingerprint density at radius 2 is 1.38 bits per heavy atom. The molecule has 0 saturated heterocycles. The second kappa shape index (κ2) is 13.4. The molecule has 197 valence electrons. The van der Waals surface area contributed by atoms with Gasteiger partial charge in [0.25, 0.3) is 0 Å². The van der Waals surface area contributed by atoms with Crippen LogP contribution >= 0.6 is 23.4 Å². The predicted octanol–water partition coefficient (Wildman–Crippen LogP) is 8.50. The van der Waals surface area contributed by atoms with Gasteiger partial charge in [-0.25, -0.2) is 5.26 Å². The van der Waals surface area contributed by atoms with Crippen LogP contribution in [0.25, 0.3) is 42.0 Å². The molecule has 0 bridgehead atoms. The van der Waals surface area contributed by atoms with E-state index >= 15 is 0 Å². The van der Waals surface area contributed by atoms with Crippen LogP contribution in [0.15, 0.2) is 120 Å². The zero-order chi connectivity index (χ0) is 26.6. The number of nitrogens with zero attached hydrogens (tertiary/aromatic N) is 2. The molecule has 0 aliphatic rings. The number of thiophene rings is 1. The number of rotatable bonds is 5. The zero-order valence-corrected chi connectivity index (χ0v) is 24.8. The Morgan fingerprint density at radius 1 is 0.725 bits per heavy atom. The maximum Gasteiger partial charge on any atom is 0.194 e. The van der Waals surface area contributed by atoms with Crippen LogP contribution in [-0.2, 0) is 9.37 Å². The van der Waals surface area contributed by atoms with Crippen molar-refractivity contribution >= 4 is 71.1 Å². The standard InChI is InChI=1S/C19H12O4S2.C12H8N2.Eu/c20-19(14-6-2-4-8-18(14)25-23-22-21)12-9-10-17-15(11-12)13-5-1-3-7-16(13)24-17;1-3-9-5-6-10-4-2-8-14-12(10)11(9)13-7-1;/h1-11,21H;1-8H;. The minimum Gasteiger partial charge on any atom is -0.289 e. The Kier molecular flexibility index (Phi) is 9.67. The quantitative estimate of drug-likeness (QED) is 0.0634. The SMILES string of the molecule is O=C(c1ccc2sc3ccccc3c2c1)c1ccccc1SOOO.[Eu].c1cnc2c(c1)ccc1cccnc12. The Labute approximate surface area is 278 Å². The summed E-state index contributed by atoms with van der Waals surface area (Å²) < 4.78 is 6.83. The first-order chi connectivity index (χ1) is 19.2. The summed E-state index contributed by atoms with van der Waals surface area (Å²) in [6.45, 7) is 0. The summed E-state index contributed by atoms with van der Waals surface area (Å²) in [4.78, 5) is 22.2. The molecular weight excluding hydrogens is 680 g/mol. The summed E-state index contributed by atoms with van der Waals surface area (Å²) in [7, 11) is 0. The van der Waals surface area contributed by atoms with E-state index in [1.807, 2.05) is 42.5 Å². The third kappa shape index (κ3) is 6.02. The molecule has 0 fully saturated rings. The van der Waals surface area contributed by atoms with Crippen molar-refractivity contribution in [3.63, 3.8) is 0 Å². The molecule has 0 spiro atoms. The normalized spacial score (nSPS) is 10.8. The first kappa shape index (κ1) is 28.9. The summed E-state index contributed by atoms with van der Waals surface area (Å²) >= 11 is 2.50. The molecule has 7 aromatic rings. The van der Waals surface area contributed by atoms with Crippen LogP contribution < -0.4 is 0 Å². The van der Waals surface area contributed by atoms with E-state index in [0.717, 1.165) is 49.3 Å². The zero-order valence-electron chi connectivity index (χ0n) is 20.7. The third-order valence-corrected chi connectivity index (χ3v) is 8.09. The van der Waals surface area contributed by atoms with Crippen LogP contribution in [0, 0.1) is 49.4 Å². The van der Waals surface area contributed by atoms with Gasteiger partial charge >= 0.3 is 0 Å². The number of hydrogen-bond donors (Lipinski definition) is 1. The van der Waals surface area contributed by atoms with Gasteiger partial charge in [-0.2, -0.15) is 0 Å². The van der Waals surface area contributed by atoms with Crippen LogP contribution in [-0.4, -0.2) is 21.0 Å². The minimum absolute atomic E-state index is 0. The Bertz CT molecular complexity index is 1910. The first-order valence-corrected chi connectivity index (χ1v) is 13.6. The van der Waals surface area contributed by atoms with Crippen molar-refractivity contribution in [3.8, 4) is 0 Å². The van der Waals surface area contributed by atoms with E-state index in [1.165, 1.54) is 4.70 Å². The van der Waals surface area contributed by atoms with E-state index in [9.17, 15) is 4.79 Å². The summed E-state index contributed by atoms with van der Waals surface area (Å²) in [5.74, 6) is -0.109. The van der Waals surface area contributed by atoms with Gasteiger partial charge in [0.15, 0.2) is 5.78 Å². The number of aromatic nitrogens is 2. The number of benzene rings is 4. The molecule has 0 aliphatic heterocycles. The van der Waals surface area contributed by atoms with Gasteiger partial charge in [0.2, 0.25) is 0 Å². The number of fused-ring (bicyclic) bond motifs is 6. The molecule has 1 N–H and O–H groups in total. The average Bonchev–Trinajstić information content (AvgIpc) is 3.38. The van der Waals surface area contributed by atoms with Crippen molar-refractivity contribution in [2.45, 2.75) is 4.90 Å². The third-order valence-electron chi connectivity index (χ3n) is 6.27. The molecular formula is C31H20EuN2O4S2. The fourth-order valence-corrected chi connectivity index (χ4v) is 6.06. The molecule has 0 unspecified atom stereocenters. The smallest absolute Gasteiger partial charge is 0.194 e. The van der Waals surface area contributed by atoms with Gasteiger partial charge in [0, 0.05) is 109 Å². The van der Waals surface area contributed by atoms with Gasteiger partial charge in [-0.05, 0) is 48.5 Å². The number of carbonyl (C=O) groups is 1. The van der Waals surface area contributed by atoms with Crippen molar-refractivity contribution in [3.05, 3.63) is 127 Å². The molecule has 0 atom stereocenters. The number of carbonyl (C=O) groups excluding carboxylic acids is 1. The Morgan fingerprint density at radius 3 is 2.10 bits per heavy atom. The van der Waals surface area contributed by atoms with Gasteiger partial charge in [-0.3, -0.25) is 14.8 Å². The number of ketones is 1. The van der Waals surface area contributed by atoms with Crippen LogP contribution in [0.5, 0.6) is 0 Å². The van der Waals surface area contributed by atoms with Crippen LogP contribution in [0.1, 0.15) is 15.9 Å². The van der Waals surface area contributed by atoms with Crippen molar-refractivity contribution in [2.75, 3.05) is 0 Å². The summed E-state index contributed by atoms with van der Waals surface area (Å²) in [5.41, 5.74) is 3.05. The van der Waals surface area contributed by atoms with E-state index in [4.69, 9.17) is 5.26 Å². The van der Waals surface area contributed by atoms with E-state index < -0.39 is 0 Å². The van der Waals surface area contributed by atoms with Crippen LogP contribution in [0.2, 0.25) is 0 Å². The van der Waals surface area contributed by atoms with Gasteiger partial charge < -0.3 is 0 Å². The second-order valence-electron chi connectivity index (χ2n) is 8.58. The first-order valence-electron chi connectivity index (χ1n) is 12.0. The van der Waals surface area contributed by atoms with Gasteiger partial charge in [-0.1, -0.05) is 59.6 Å². The van der Waals surface area contributed by atoms with E-state index in [1.54, 1.807) is 48.0 Å². The molecule has 3 aromatic heterocycles. The van der Waals surface area contributed by atoms with Crippen molar-refractivity contribution in [2.24, 2.45) is 0 Å². The predicted molar refractivity (Wildman–Crippen MR) is 157 cm³/mol. The van der Waals surface area contributed by atoms with E-state index in [2.05, 4.69) is 55.7 Å². The summed E-state index contributed by atoms with van der Waals surface area (Å²) in [6, 6.07) is 33.1. The molecule has 0 aliphatic carbocycles. The molecule has 4 aromatic carbocycles. The van der Waals surface area contributed by atoms with Crippen LogP contribution in [0.3, 0.4) is 0 Å². The van der Waals surface area contributed by atoms with Crippen molar-refractivity contribution in [1.29, 1.82) is 0 Å². The molecule has 0 saturated carbocycles. The fraction of sp³-hybridized carbons (Fsp3) is 0. The molecule has 6 nitrogen and oxygen atoms in total. The van der Waals surface area contributed by atoms with Gasteiger partial charge in [0.1, 0.15) is 0 Å². The molecule has 7 rings (SSSR count). The summed E-state index contributed by atoms with van der Waals surface area (Å²) in [6.07, 6.45) is 3.60. The summed E-state index contributed by atoms with van der Waals surface area (Å²) in [5, 5.41) is 16.5. The van der Waals surface area contributed by atoms with E-state index in [-0.39, 0.29) is 55.2 Å². The number of hydrogen-bond acceptors (Lipinski definition) is 8. The molecule has 40 heavy (non-hydrogen) atoms. The van der Waals surface area contributed by atoms with Crippen molar-refractivity contribution < 1.29 is 68.8 Å². The molecule has 1 radical (unpaired) electrons. The monoisotopic (exact) mass is 701 g/mol. The van der Waals surface area contributed by atoms with Crippen molar-refractivity contribution in [1.82, 2.24) is 9.97 Å². The average molecular weight is 701 g/mol. The molecule has 9 heteroatoms. The largest absolute Gasteiger partial charge is 0.289 e. The second-order valence-corrected chi connectivity index (χ2v) is 10.4. The number of pyridine rings is 2. The van der Waals surface area contributed by atoms with Gasteiger partial charge in [0.05, 0.1) is 23.1 Å². The Hall–Kier alpha value is -2.60. The van der Waals surface area contributed by atoms with E-state index in [0.29, 0.717) is 16.0 Å². The maximum atomic E-state index is 13.0. The minimum atomic E-state index is -0.109. The fourth-order valence-electron chi connectivity index (χ4n) is 4.48. The topological polar surface area (TPSA) is 81.5 Å². The maximum absolute atomic E-state index is 13.0. The molecule has 0 amide bonds. The molecule has 3 heterocycles. The van der Waals surface area contributed by atoms with Crippen LogP contribution in [0.4, 0.5) is 0 Å².